The molecule has 2 atom stereocenters. The SMILES string of the molecule is CCCCOC(COCCCCCCCCCCCCCCCC(C)C)COCC(O)CO. The predicted octanol–water partition coefficient (Wildman–Crippen LogP) is 6.68. The molecule has 5 nitrogen and oxygen atoms in total. The highest BCUT2D eigenvalue weighted by atomic mass is 16.6. The lowest BCUT2D eigenvalue weighted by Gasteiger charge is -2.19. The molecule has 0 heterocycles. The molecular weight excluding hydrogens is 416 g/mol. The summed E-state index contributed by atoms with van der Waals surface area (Å²) in [6.45, 7) is 9.01. The van der Waals surface area contributed by atoms with Gasteiger partial charge in [0.1, 0.15) is 12.2 Å². The maximum absolute atomic E-state index is 9.38. The summed E-state index contributed by atoms with van der Waals surface area (Å²) < 4.78 is 17.1. The molecule has 0 aromatic rings. The third kappa shape index (κ3) is 26.2. The molecule has 2 N–H and O–H groups in total. The molecule has 0 saturated carbocycles. The van der Waals surface area contributed by atoms with Crippen LogP contribution in [0.4, 0.5) is 0 Å². The van der Waals surface area contributed by atoms with Crippen molar-refractivity contribution in [3.63, 3.8) is 0 Å². The Bertz CT molecular complexity index is 364. The van der Waals surface area contributed by atoms with Gasteiger partial charge in [0.05, 0.1) is 26.4 Å². The fourth-order valence-corrected chi connectivity index (χ4v) is 3.84. The summed E-state index contributed by atoms with van der Waals surface area (Å²) in [6.07, 6.45) is 20.3. The molecule has 0 aliphatic heterocycles. The van der Waals surface area contributed by atoms with Crippen LogP contribution in [0.1, 0.15) is 124 Å². The van der Waals surface area contributed by atoms with Gasteiger partial charge < -0.3 is 24.4 Å². The second-order valence-corrected chi connectivity index (χ2v) is 10.1. The van der Waals surface area contributed by atoms with Crippen LogP contribution in [0.2, 0.25) is 0 Å². The Kier molecular flexibility index (Phi) is 26.2. The second kappa shape index (κ2) is 26.4. The van der Waals surface area contributed by atoms with Crippen molar-refractivity contribution in [2.24, 2.45) is 5.92 Å². The minimum atomic E-state index is -0.827. The van der Waals surface area contributed by atoms with Crippen molar-refractivity contribution in [2.75, 3.05) is 39.6 Å². The summed E-state index contributed by atoms with van der Waals surface area (Å²) >= 11 is 0. The monoisotopic (exact) mass is 474 g/mol. The normalized spacial score (nSPS) is 13.6. The minimum absolute atomic E-state index is 0.109. The first-order valence-electron chi connectivity index (χ1n) is 14.2. The summed E-state index contributed by atoms with van der Waals surface area (Å²) in [6, 6.07) is 0. The molecule has 0 spiro atoms. The molecule has 0 aromatic heterocycles. The van der Waals surface area contributed by atoms with Gasteiger partial charge in [0.15, 0.2) is 0 Å². The Morgan fingerprint density at radius 1 is 0.606 bits per heavy atom. The molecule has 0 bridgehead atoms. The number of unbranched alkanes of at least 4 members (excludes halogenated alkanes) is 13. The molecule has 0 amide bonds. The molecule has 0 saturated heterocycles. The van der Waals surface area contributed by atoms with Gasteiger partial charge in [0, 0.05) is 13.2 Å². The summed E-state index contributed by atoms with van der Waals surface area (Å²) in [5.41, 5.74) is 0. The predicted molar refractivity (Wildman–Crippen MR) is 139 cm³/mol. The largest absolute Gasteiger partial charge is 0.394 e. The molecule has 2 unspecified atom stereocenters. The van der Waals surface area contributed by atoms with E-state index in [-0.39, 0.29) is 19.3 Å². The maximum Gasteiger partial charge on any atom is 0.104 e. The van der Waals surface area contributed by atoms with E-state index in [4.69, 9.17) is 19.3 Å². The van der Waals surface area contributed by atoms with Crippen LogP contribution < -0.4 is 0 Å². The van der Waals surface area contributed by atoms with Crippen molar-refractivity contribution < 1.29 is 24.4 Å². The number of rotatable bonds is 27. The average Bonchev–Trinajstić information content (AvgIpc) is 2.80. The highest BCUT2D eigenvalue weighted by molar-refractivity contribution is 4.58. The van der Waals surface area contributed by atoms with E-state index in [2.05, 4.69) is 20.8 Å². The molecule has 0 aliphatic rings. The standard InChI is InChI=1S/C28H58O5/c1-4-5-21-33-28(25-32-23-27(30)22-29)24-31-20-18-16-14-12-10-8-6-7-9-11-13-15-17-19-26(2)3/h26-30H,4-25H2,1-3H3. The number of hydrogen-bond acceptors (Lipinski definition) is 5. The third-order valence-corrected chi connectivity index (χ3v) is 6.05. The first kappa shape index (κ1) is 32.8. The van der Waals surface area contributed by atoms with Crippen LogP contribution in [-0.2, 0) is 14.2 Å². The first-order chi connectivity index (χ1) is 16.1. The summed E-state index contributed by atoms with van der Waals surface area (Å²) in [5.74, 6) is 0.865. The van der Waals surface area contributed by atoms with Crippen molar-refractivity contribution in [1.82, 2.24) is 0 Å². The second-order valence-electron chi connectivity index (χ2n) is 10.1. The molecule has 0 radical (unpaired) electrons. The quantitative estimate of drug-likeness (QED) is 0.130. The van der Waals surface area contributed by atoms with Gasteiger partial charge in [-0.25, -0.2) is 0 Å². The van der Waals surface area contributed by atoms with E-state index in [1.807, 2.05) is 0 Å². The van der Waals surface area contributed by atoms with Crippen LogP contribution in [0.3, 0.4) is 0 Å². The lowest BCUT2D eigenvalue weighted by Crippen LogP contribution is -2.29. The Labute approximate surface area is 206 Å². The smallest absolute Gasteiger partial charge is 0.104 e. The Balaban J connectivity index is 3.45. The zero-order valence-electron chi connectivity index (χ0n) is 22.4. The summed E-state index contributed by atoms with van der Waals surface area (Å²) in [5, 5.41) is 18.2. The molecular formula is C28H58O5. The van der Waals surface area contributed by atoms with Gasteiger partial charge in [-0.2, -0.15) is 0 Å². The fourth-order valence-electron chi connectivity index (χ4n) is 3.84. The fraction of sp³-hybridized carbons (Fsp3) is 1.00. The van der Waals surface area contributed by atoms with Gasteiger partial charge >= 0.3 is 0 Å². The Morgan fingerprint density at radius 2 is 1.12 bits per heavy atom. The van der Waals surface area contributed by atoms with Crippen LogP contribution in [0.5, 0.6) is 0 Å². The number of aliphatic hydroxyl groups is 2. The molecule has 33 heavy (non-hydrogen) atoms. The van der Waals surface area contributed by atoms with Crippen molar-refractivity contribution in [3.8, 4) is 0 Å². The molecule has 0 rings (SSSR count). The van der Waals surface area contributed by atoms with Crippen LogP contribution >= 0.6 is 0 Å². The summed E-state index contributed by atoms with van der Waals surface area (Å²) in [4.78, 5) is 0. The van der Waals surface area contributed by atoms with Gasteiger partial charge in [-0.15, -0.1) is 0 Å². The summed E-state index contributed by atoms with van der Waals surface area (Å²) in [7, 11) is 0. The molecule has 5 heteroatoms. The van der Waals surface area contributed by atoms with E-state index in [0.29, 0.717) is 19.8 Å². The molecule has 0 fully saturated rings. The van der Waals surface area contributed by atoms with Crippen molar-refractivity contribution >= 4 is 0 Å². The van der Waals surface area contributed by atoms with Crippen LogP contribution in [0.15, 0.2) is 0 Å². The topological polar surface area (TPSA) is 68.2 Å². The van der Waals surface area contributed by atoms with Crippen molar-refractivity contribution in [1.29, 1.82) is 0 Å². The van der Waals surface area contributed by atoms with Gasteiger partial charge in [-0.05, 0) is 18.8 Å². The first-order valence-corrected chi connectivity index (χ1v) is 14.2. The van der Waals surface area contributed by atoms with Crippen LogP contribution in [0, 0.1) is 5.92 Å². The number of hydrogen-bond donors (Lipinski definition) is 2. The van der Waals surface area contributed by atoms with E-state index in [1.54, 1.807) is 0 Å². The number of aliphatic hydroxyl groups excluding tert-OH is 2. The highest BCUT2D eigenvalue weighted by Gasteiger charge is 2.11. The van der Waals surface area contributed by atoms with Gasteiger partial charge in [0.25, 0.3) is 0 Å². The lowest BCUT2D eigenvalue weighted by molar-refractivity contribution is -0.0770. The van der Waals surface area contributed by atoms with Crippen molar-refractivity contribution in [3.05, 3.63) is 0 Å². The van der Waals surface area contributed by atoms with Gasteiger partial charge in [-0.1, -0.05) is 111 Å². The van der Waals surface area contributed by atoms with Crippen molar-refractivity contribution in [2.45, 2.75) is 136 Å². The van der Waals surface area contributed by atoms with Gasteiger partial charge in [-0.3, -0.25) is 0 Å². The lowest BCUT2D eigenvalue weighted by atomic mass is 10.0. The van der Waals surface area contributed by atoms with E-state index in [0.717, 1.165) is 31.8 Å². The number of ether oxygens (including phenoxy) is 3. The van der Waals surface area contributed by atoms with E-state index < -0.39 is 6.10 Å². The molecule has 0 aromatic carbocycles. The van der Waals surface area contributed by atoms with Crippen LogP contribution in [-0.4, -0.2) is 62.1 Å². The molecule has 200 valence electrons. The highest BCUT2D eigenvalue weighted by Crippen LogP contribution is 2.14. The van der Waals surface area contributed by atoms with E-state index in [9.17, 15) is 5.11 Å². The zero-order chi connectivity index (χ0) is 24.4. The van der Waals surface area contributed by atoms with E-state index in [1.165, 1.54) is 83.5 Å². The average molecular weight is 475 g/mol. The Morgan fingerprint density at radius 3 is 1.64 bits per heavy atom. The van der Waals surface area contributed by atoms with E-state index >= 15 is 0 Å². The van der Waals surface area contributed by atoms with Crippen LogP contribution in [0.25, 0.3) is 0 Å². The zero-order valence-corrected chi connectivity index (χ0v) is 22.4. The molecule has 0 aliphatic carbocycles. The Hall–Kier alpha value is -0.200. The maximum atomic E-state index is 9.38. The third-order valence-electron chi connectivity index (χ3n) is 6.05. The minimum Gasteiger partial charge on any atom is -0.394 e. The van der Waals surface area contributed by atoms with Gasteiger partial charge in [0.2, 0.25) is 0 Å².